The summed E-state index contributed by atoms with van der Waals surface area (Å²) in [6.45, 7) is 1.75. The largest absolute Gasteiger partial charge is 0.338 e. The Hall–Kier alpha value is -1.84. The number of nitrogens with two attached hydrogens (primary N) is 1. The van der Waals surface area contributed by atoms with E-state index in [1.807, 2.05) is 6.26 Å². The molecule has 0 unspecified atom stereocenters. The van der Waals surface area contributed by atoms with Gasteiger partial charge in [-0.1, -0.05) is 0 Å². The monoisotopic (exact) mass is 402 g/mol. The van der Waals surface area contributed by atoms with Crippen LogP contribution in [0.1, 0.15) is 16.8 Å². The summed E-state index contributed by atoms with van der Waals surface area (Å²) in [6, 6.07) is 5.05. The van der Waals surface area contributed by atoms with Crippen LogP contribution in [0.5, 0.6) is 0 Å². The smallest absolute Gasteiger partial charge is 0.269 e. The van der Waals surface area contributed by atoms with Crippen molar-refractivity contribution < 1.29 is 14.5 Å². The Morgan fingerprint density at radius 1 is 1.19 bits per heavy atom. The number of benzene rings is 1. The van der Waals surface area contributed by atoms with E-state index in [1.54, 1.807) is 21.6 Å². The van der Waals surface area contributed by atoms with Gasteiger partial charge in [0.1, 0.15) is 0 Å². The fourth-order valence-corrected chi connectivity index (χ4v) is 3.13. The number of hydrogen-bond acceptors (Lipinski definition) is 6. The van der Waals surface area contributed by atoms with E-state index in [9.17, 15) is 19.7 Å². The van der Waals surface area contributed by atoms with Crippen LogP contribution < -0.4 is 5.73 Å². The number of rotatable bonds is 6. The summed E-state index contributed by atoms with van der Waals surface area (Å²) in [5, 5.41) is 10.7. The molecule has 1 saturated heterocycles. The summed E-state index contributed by atoms with van der Waals surface area (Å²) < 4.78 is 0. The zero-order valence-corrected chi connectivity index (χ0v) is 16.1. The number of carbonyl (C=O) groups excluding carboxylic acids is 2. The highest BCUT2D eigenvalue weighted by Gasteiger charge is 2.27. The molecule has 1 aliphatic heterocycles. The molecule has 0 aromatic heterocycles. The lowest BCUT2D eigenvalue weighted by Gasteiger charge is -2.36. The fourth-order valence-electron chi connectivity index (χ4n) is 2.64. The number of nitrogens with zero attached hydrogens (tertiary/aromatic N) is 3. The molecule has 0 saturated carbocycles. The second-order valence-electron chi connectivity index (χ2n) is 5.81. The Labute approximate surface area is 162 Å². The minimum absolute atomic E-state index is 0. The van der Waals surface area contributed by atoms with E-state index < -0.39 is 11.0 Å². The average Bonchev–Trinajstić information content (AvgIpc) is 2.65. The van der Waals surface area contributed by atoms with Crippen molar-refractivity contribution in [2.24, 2.45) is 5.73 Å². The molecule has 2 N–H and O–H groups in total. The highest BCUT2D eigenvalue weighted by Crippen LogP contribution is 2.15. The van der Waals surface area contributed by atoms with Crippen molar-refractivity contribution in [2.45, 2.75) is 12.5 Å². The first-order valence-electron chi connectivity index (χ1n) is 8.01. The van der Waals surface area contributed by atoms with Gasteiger partial charge < -0.3 is 15.5 Å². The van der Waals surface area contributed by atoms with Gasteiger partial charge in [0.2, 0.25) is 5.91 Å². The van der Waals surface area contributed by atoms with E-state index >= 15 is 0 Å². The predicted octanol–water partition coefficient (Wildman–Crippen LogP) is 1.38. The summed E-state index contributed by atoms with van der Waals surface area (Å²) in [7, 11) is 0. The summed E-state index contributed by atoms with van der Waals surface area (Å²) in [5.41, 5.74) is 6.27. The number of halogens is 1. The van der Waals surface area contributed by atoms with Gasteiger partial charge in [0.05, 0.1) is 11.0 Å². The zero-order chi connectivity index (χ0) is 18.4. The van der Waals surface area contributed by atoms with Gasteiger partial charge in [0.25, 0.3) is 11.6 Å². The molecular weight excluding hydrogens is 380 g/mol. The first-order valence-corrected chi connectivity index (χ1v) is 9.40. The second-order valence-corrected chi connectivity index (χ2v) is 6.80. The molecule has 1 aromatic carbocycles. The SMILES string of the molecule is CSCC[C@H](N)C(=O)N1CCN(C(=O)c2ccc([N+](=O)[O-])cc2)CC1.Cl. The first kappa shape index (κ1) is 22.2. The Kier molecular flexibility index (Phi) is 8.83. The van der Waals surface area contributed by atoms with Gasteiger partial charge in [-0.25, -0.2) is 0 Å². The fraction of sp³-hybridized carbons (Fsp3) is 0.500. The lowest BCUT2D eigenvalue weighted by Crippen LogP contribution is -2.54. The molecule has 0 radical (unpaired) electrons. The Morgan fingerprint density at radius 3 is 2.23 bits per heavy atom. The van der Waals surface area contributed by atoms with E-state index in [2.05, 4.69) is 0 Å². The highest BCUT2D eigenvalue weighted by molar-refractivity contribution is 7.98. The van der Waals surface area contributed by atoms with E-state index in [0.29, 0.717) is 38.2 Å². The van der Waals surface area contributed by atoms with Crippen molar-refractivity contribution in [1.29, 1.82) is 0 Å². The van der Waals surface area contributed by atoms with Crippen LogP contribution in [-0.2, 0) is 4.79 Å². The van der Waals surface area contributed by atoms with E-state index in [-0.39, 0.29) is 29.9 Å². The summed E-state index contributed by atoms with van der Waals surface area (Å²) >= 11 is 1.65. The minimum Gasteiger partial charge on any atom is -0.338 e. The molecule has 2 rings (SSSR count). The van der Waals surface area contributed by atoms with E-state index in [4.69, 9.17) is 5.73 Å². The van der Waals surface area contributed by atoms with Crippen LogP contribution in [0.2, 0.25) is 0 Å². The quantitative estimate of drug-likeness (QED) is 0.568. The van der Waals surface area contributed by atoms with Crippen LogP contribution >= 0.6 is 24.2 Å². The van der Waals surface area contributed by atoms with Crippen LogP contribution in [0.3, 0.4) is 0 Å². The summed E-state index contributed by atoms with van der Waals surface area (Å²) in [6.07, 6.45) is 2.61. The number of amides is 2. The molecule has 144 valence electrons. The standard InChI is InChI=1S/C16H22N4O4S.ClH/c1-25-11-6-14(17)16(22)19-9-7-18(8-10-19)15(21)12-2-4-13(5-3-12)20(23)24;/h2-5,14H,6-11,17H2,1H3;1H/t14-;/m0./s1. The zero-order valence-electron chi connectivity index (χ0n) is 14.5. The topological polar surface area (TPSA) is 110 Å². The average molecular weight is 403 g/mol. The molecule has 26 heavy (non-hydrogen) atoms. The molecule has 1 fully saturated rings. The molecule has 10 heteroatoms. The van der Waals surface area contributed by atoms with Crippen LogP contribution in [0.4, 0.5) is 5.69 Å². The molecule has 0 spiro atoms. The molecule has 1 heterocycles. The predicted molar refractivity (Wildman–Crippen MR) is 104 cm³/mol. The van der Waals surface area contributed by atoms with Crippen molar-refractivity contribution in [3.8, 4) is 0 Å². The van der Waals surface area contributed by atoms with Gasteiger partial charge in [0.15, 0.2) is 0 Å². The lowest BCUT2D eigenvalue weighted by atomic mass is 10.1. The van der Waals surface area contributed by atoms with Crippen molar-refractivity contribution in [3.05, 3.63) is 39.9 Å². The number of hydrogen-bond donors (Lipinski definition) is 1. The Balaban J connectivity index is 0.00000338. The van der Waals surface area contributed by atoms with Crippen molar-refractivity contribution >= 4 is 41.7 Å². The Morgan fingerprint density at radius 2 is 1.73 bits per heavy atom. The third-order valence-electron chi connectivity index (χ3n) is 4.15. The third kappa shape index (κ3) is 5.58. The Bertz CT molecular complexity index is 636. The number of piperazine rings is 1. The molecule has 2 amide bonds. The maximum atomic E-state index is 12.5. The van der Waals surface area contributed by atoms with Crippen molar-refractivity contribution in [3.63, 3.8) is 0 Å². The molecule has 0 aliphatic carbocycles. The molecule has 1 aliphatic rings. The summed E-state index contributed by atoms with van der Waals surface area (Å²) in [5.74, 6) is 0.580. The first-order chi connectivity index (χ1) is 11.9. The second kappa shape index (κ2) is 10.3. The minimum atomic E-state index is -0.501. The van der Waals surface area contributed by atoms with Gasteiger partial charge in [-0.05, 0) is 30.6 Å². The number of nitro groups is 1. The molecule has 8 nitrogen and oxygen atoms in total. The van der Waals surface area contributed by atoms with Crippen LogP contribution in [0.25, 0.3) is 0 Å². The van der Waals surface area contributed by atoms with Gasteiger partial charge in [-0.15, -0.1) is 12.4 Å². The maximum Gasteiger partial charge on any atom is 0.269 e. The normalized spacial score (nSPS) is 15.2. The van der Waals surface area contributed by atoms with E-state index in [0.717, 1.165) is 5.75 Å². The maximum absolute atomic E-state index is 12.5. The highest BCUT2D eigenvalue weighted by atomic mass is 35.5. The number of non-ortho nitro benzene ring substituents is 1. The lowest BCUT2D eigenvalue weighted by molar-refractivity contribution is -0.384. The van der Waals surface area contributed by atoms with E-state index in [1.165, 1.54) is 24.3 Å². The van der Waals surface area contributed by atoms with Gasteiger partial charge in [-0.3, -0.25) is 19.7 Å². The van der Waals surface area contributed by atoms with Crippen LogP contribution in [0.15, 0.2) is 24.3 Å². The van der Waals surface area contributed by atoms with Crippen molar-refractivity contribution in [1.82, 2.24) is 9.80 Å². The molecule has 1 atom stereocenters. The number of carbonyl (C=O) groups is 2. The van der Waals surface area contributed by atoms with Gasteiger partial charge in [-0.2, -0.15) is 11.8 Å². The van der Waals surface area contributed by atoms with Gasteiger partial charge in [0, 0.05) is 43.9 Å². The van der Waals surface area contributed by atoms with Crippen LogP contribution in [-0.4, -0.2) is 70.8 Å². The summed E-state index contributed by atoms with van der Waals surface area (Å²) in [4.78, 5) is 38.2. The van der Waals surface area contributed by atoms with Gasteiger partial charge >= 0.3 is 0 Å². The molecule has 1 aromatic rings. The van der Waals surface area contributed by atoms with Crippen molar-refractivity contribution in [2.75, 3.05) is 38.2 Å². The third-order valence-corrected chi connectivity index (χ3v) is 4.80. The molecular formula is C16H23ClN4O4S. The number of thioether (sulfide) groups is 1. The van der Waals surface area contributed by atoms with Crippen LogP contribution in [0, 0.1) is 10.1 Å². The molecule has 0 bridgehead atoms. The number of nitro benzene ring substituents is 1.